The van der Waals surface area contributed by atoms with Crippen molar-refractivity contribution in [2.24, 2.45) is 11.7 Å². The van der Waals surface area contributed by atoms with Crippen molar-refractivity contribution in [1.82, 2.24) is 6.15 Å². The van der Waals surface area contributed by atoms with Gasteiger partial charge in [-0.2, -0.15) is 0 Å². The third-order valence-electron chi connectivity index (χ3n) is 2.68. The molecular weight excluding hydrogens is 251 g/mol. The third kappa shape index (κ3) is 5.21. The maximum absolute atomic E-state index is 5.69. The average molecular weight is 276 g/mol. The second kappa shape index (κ2) is 9.25. The zero-order valence-corrected chi connectivity index (χ0v) is 11.4. The summed E-state index contributed by atoms with van der Waals surface area (Å²) in [5.41, 5.74) is 5.69. The molecule has 0 aromatic rings. The molecule has 1 atom stereocenters. The number of nitrogens with two attached hydrogens (primary N) is 1. The van der Waals surface area contributed by atoms with E-state index in [1.807, 2.05) is 0 Å². The van der Waals surface area contributed by atoms with E-state index in [0.29, 0.717) is 5.92 Å². The predicted molar refractivity (Wildman–Crippen MR) is 67.3 cm³/mol. The molecule has 0 aliphatic rings. The van der Waals surface area contributed by atoms with Gasteiger partial charge in [0.25, 0.3) is 0 Å². The van der Waals surface area contributed by atoms with E-state index in [-0.39, 0.29) is 22.9 Å². The van der Waals surface area contributed by atoms with Crippen LogP contribution in [0.15, 0.2) is 0 Å². The molecule has 0 rings (SSSR count). The molecule has 0 radical (unpaired) electrons. The van der Waals surface area contributed by atoms with E-state index in [1.54, 1.807) is 0 Å². The summed E-state index contributed by atoms with van der Waals surface area (Å²) in [4.78, 5) is 0. The smallest absolute Gasteiger partial charge is 0.0292 e. The Kier molecular flexibility index (Phi) is 13.7. The van der Waals surface area contributed by atoms with Crippen LogP contribution in [0.5, 0.6) is 0 Å². The molecule has 0 heterocycles. The SMILES string of the molecule is CCC(CN)C(Br)(CC)CC.Cl.N. The maximum Gasteiger partial charge on any atom is 0.0292 e. The Labute approximate surface area is 97.2 Å². The molecule has 5 N–H and O–H groups in total. The van der Waals surface area contributed by atoms with Crippen molar-refractivity contribution in [1.29, 1.82) is 0 Å². The van der Waals surface area contributed by atoms with Gasteiger partial charge in [-0.3, -0.25) is 0 Å². The molecule has 0 bridgehead atoms. The van der Waals surface area contributed by atoms with Gasteiger partial charge in [0.15, 0.2) is 0 Å². The highest BCUT2D eigenvalue weighted by molar-refractivity contribution is 9.10. The van der Waals surface area contributed by atoms with Gasteiger partial charge >= 0.3 is 0 Å². The van der Waals surface area contributed by atoms with E-state index in [2.05, 4.69) is 36.7 Å². The van der Waals surface area contributed by atoms with Gasteiger partial charge in [0.05, 0.1) is 0 Å². The average Bonchev–Trinajstić information content (AvgIpc) is 2.06. The first-order chi connectivity index (χ1) is 5.14. The quantitative estimate of drug-likeness (QED) is 0.754. The normalized spacial score (nSPS) is 12.7. The first-order valence-electron chi connectivity index (χ1n) is 4.53. The van der Waals surface area contributed by atoms with Gasteiger partial charge in [0.2, 0.25) is 0 Å². The zero-order valence-electron chi connectivity index (χ0n) is 8.98. The van der Waals surface area contributed by atoms with E-state index in [0.717, 1.165) is 6.54 Å². The molecule has 0 saturated heterocycles. The summed E-state index contributed by atoms with van der Waals surface area (Å²) >= 11 is 3.79. The van der Waals surface area contributed by atoms with Crippen LogP contribution in [0.3, 0.4) is 0 Å². The third-order valence-corrected chi connectivity index (χ3v) is 4.45. The Morgan fingerprint density at radius 1 is 1.23 bits per heavy atom. The fourth-order valence-electron chi connectivity index (χ4n) is 1.57. The van der Waals surface area contributed by atoms with E-state index < -0.39 is 0 Å². The number of halogens is 2. The van der Waals surface area contributed by atoms with E-state index in [4.69, 9.17) is 5.73 Å². The van der Waals surface area contributed by atoms with Gasteiger partial charge in [0.1, 0.15) is 0 Å². The summed E-state index contributed by atoms with van der Waals surface area (Å²) in [7, 11) is 0. The van der Waals surface area contributed by atoms with E-state index >= 15 is 0 Å². The molecule has 1 unspecified atom stereocenters. The minimum atomic E-state index is 0. The zero-order chi connectivity index (χ0) is 8.91. The molecule has 13 heavy (non-hydrogen) atoms. The van der Waals surface area contributed by atoms with Gasteiger partial charge < -0.3 is 11.9 Å². The van der Waals surface area contributed by atoms with Crippen molar-refractivity contribution >= 4 is 28.3 Å². The molecule has 0 saturated carbocycles. The minimum Gasteiger partial charge on any atom is -0.344 e. The molecule has 0 aromatic carbocycles. The molecule has 84 valence electrons. The van der Waals surface area contributed by atoms with Crippen LogP contribution in [0.1, 0.15) is 40.0 Å². The summed E-state index contributed by atoms with van der Waals surface area (Å²) in [6.45, 7) is 7.44. The molecule has 0 aromatic heterocycles. The van der Waals surface area contributed by atoms with Crippen molar-refractivity contribution in [3.8, 4) is 0 Å². The molecule has 2 nitrogen and oxygen atoms in total. The predicted octanol–water partition coefficient (Wildman–Crippen LogP) is 3.51. The molecule has 4 heteroatoms. The summed E-state index contributed by atoms with van der Waals surface area (Å²) in [6.07, 6.45) is 3.50. The highest BCUT2D eigenvalue weighted by atomic mass is 79.9. The second-order valence-electron chi connectivity index (χ2n) is 3.08. The van der Waals surface area contributed by atoms with Crippen molar-refractivity contribution in [3.05, 3.63) is 0 Å². The lowest BCUT2D eigenvalue weighted by atomic mass is 9.86. The van der Waals surface area contributed by atoms with Crippen LogP contribution in [-0.4, -0.2) is 10.9 Å². The number of rotatable bonds is 5. The van der Waals surface area contributed by atoms with Gasteiger partial charge in [0, 0.05) is 4.32 Å². The summed E-state index contributed by atoms with van der Waals surface area (Å²) in [5, 5.41) is 0. The summed E-state index contributed by atoms with van der Waals surface area (Å²) in [5.74, 6) is 0.623. The Balaban J connectivity index is -0.000000500. The van der Waals surface area contributed by atoms with Crippen LogP contribution in [0, 0.1) is 5.92 Å². The Morgan fingerprint density at radius 2 is 1.62 bits per heavy atom. The molecular formula is C9H24BrClN2. The first kappa shape index (κ1) is 19.3. The fourth-order valence-corrected chi connectivity index (χ4v) is 2.08. The van der Waals surface area contributed by atoms with Crippen LogP contribution in [0.25, 0.3) is 0 Å². The van der Waals surface area contributed by atoms with Crippen molar-refractivity contribution in [3.63, 3.8) is 0 Å². The molecule has 0 fully saturated rings. The second-order valence-corrected chi connectivity index (χ2v) is 4.66. The number of alkyl halides is 1. The number of hydrogen-bond acceptors (Lipinski definition) is 2. The van der Waals surface area contributed by atoms with Crippen LogP contribution < -0.4 is 11.9 Å². The van der Waals surface area contributed by atoms with Crippen LogP contribution in [0.2, 0.25) is 0 Å². The van der Waals surface area contributed by atoms with Gasteiger partial charge in [-0.05, 0) is 25.3 Å². The van der Waals surface area contributed by atoms with Gasteiger partial charge in [-0.1, -0.05) is 43.1 Å². The Hall–Kier alpha value is 0.690. The molecule has 0 aliphatic carbocycles. The highest BCUT2D eigenvalue weighted by Gasteiger charge is 2.30. The highest BCUT2D eigenvalue weighted by Crippen LogP contribution is 2.35. The lowest BCUT2D eigenvalue weighted by molar-refractivity contribution is 0.361. The van der Waals surface area contributed by atoms with E-state index in [1.165, 1.54) is 19.3 Å². The summed E-state index contributed by atoms with van der Waals surface area (Å²) < 4.78 is 0.288. The van der Waals surface area contributed by atoms with Crippen LogP contribution >= 0.6 is 28.3 Å². The minimum absolute atomic E-state index is 0. The maximum atomic E-state index is 5.69. The summed E-state index contributed by atoms with van der Waals surface area (Å²) in [6, 6.07) is 0. The fraction of sp³-hybridized carbons (Fsp3) is 1.00. The monoisotopic (exact) mass is 274 g/mol. The standard InChI is InChI=1S/C9H20BrN.ClH.H3N/c1-4-8(7-11)9(10,5-2)6-3;;/h8H,4-7,11H2,1-3H3;1H;1H3. The van der Waals surface area contributed by atoms with Crippen molar-refractivity contribution in [2.75, 3.05) is 6.54 Å². The lowest BCUT2D eigenvalue weighted by Gasteiger charge is -2.32. The van der Waals surface area contributed by atoms with E-state index in [9.17, 15) is 0 Å². The first-order valence-corrected chi connectivity index (χ1v) is 5.32. The number of hydrogen-bond donors (Lipinski definition) is 2. The van der Waals surface area contributed by atoms with Crippen LogP contribution in [-0.2, 0) is 0 Å². The molecule has 0 spiro atoms. The van der Waals surface area contributed by atoms with Gasteiger partial charge in [-0.15, -0.1) is 12.4 Å². The van der Waals surface area contributed by atoms with Crippen LogP contribution in [0.4, 0.5) is 0 Å². The van der Waals surface area contributed by atoms with Crippen molar-refractivity contribution < 1.29 is 0 Å². The largest absolute Gasteiger partial charge is 0.344 e. The Morgan fingerprint density at radius 3 is 1.69 bits per heavy atom. The van der Waals surface area contributed by atoms with Crippen molar-refractivity contribution in [2.45, 2.75) is 44.4 Å². The Bertz CT molecular complexity index is 104. The lowest BCUT2D eigenvalue weighted by Crippen LogP contribution is -2.35. The van der Waals surface area contributed by atoms with Gasteiger partial charge in [-0.25, -0.2) is 0 Å². The molecule has 0 aliphatic heterocycles. The molecule has 0 amide bonds. The topological polar surface area (TPSA) is 61.0 Å².